The average molecular weight is 142 g/mol. The summed E-state index contributed by atoms with van der Waals surface area (Å²) in [7, 11) is 0. The lowest BCUT2D eigenvalue weighted by Crippen LogP contribution is -1.81. The molecule has 2 nitrogen and oxygen atoms in total. The predicted octanol–water partition coefficient (Wildman–Crippen LogP) is 2.89. The van der Waals surface area contributed by atoms with Gasteiger partial charge in [0.1, 0.15) is 0 Å². The Morgan fingerprint density at radius 1 is 0.700 bits per heavy atom. The molecule has 0 bridgehead atoms. The Morgan fingerprint density at radius 3 is 1.00 bits per heavy atom. The van der Waals surface area contributed by atoms with E-state index >= 15 is 0 Å². The first-order valence-electron chi connectivity index (χ1n) is 3.65. The molecule has 0 aliphatic heterocycles. The lowest BCUT2D eigenvalue weighted by molar-refractivity contribution is 1.21. The van der Waals surface area contributed by atoms with Gasteiger partial charge in [-0.3, -0.25) is 0 Å². The van der Waals surface area contributed by atoms with Crippen molar-refractivity contribution in [2.45, 2.75) is 41.5 Å². The fourth-order valence-electron chi connectivity index (χ4n) is 0.200. The van der Waals surface area contributed by atoms with Crippen molar-refractivity contribution >= 4 is 11.4 Å². The zero-order valence-corrected chi connectivity index (χ0v) is 7.89. The highest BCUT2D eigenvalue weighted by molar-refractivity contribution is 5.82. The molecule has 0 aliphatic carbocycles. The molecule has 0 aromatic carbocycles. The van der Waals surface area contributed by atoms with Gasteiger partial charge >= 0.3 is 0 Å². The maximum Gasteiger partial charge on any atom is 0.0344 e. The Morgan fingerprint density at radius 2 is 0.900 bits per heavy atom. The third-order valence-electron chi connectivity index (χ3n) is 0.450. The largest absolute Gasteiger partial charge is 0.161 e. The second-order valence-corrected chi connectivity index (χ2v) is 2.09. The molecule has 0 aromatic heterocycles. The minimum absolute atomic E-state index is 0.992. The molecule has 0 rings (SSSR count). The van der Waals surface area contributed by atoms with Crippen molar-refractivity contribution in [3.05, 3.63) is 0 Å². The topological polar surface area (TPSA) is 24.7 Å². The van der Waals surface area contributed by atoms with Crippen LogP contribution >= 0.6 is 0 Å². The van der Waals surface area contributed by atoms with Crippen LogP contribution in [-0.4, -0.2) is 11.4 Å². The molecule has 0 unspecified atom stereocenters. The lowest BCUT2D eigenvalue weighted by Gasteiger charge is -1.83. The first-order valence-corrected chi connectivity index (χ1v) is 3.65. The van der Waals surface area contributed by atoms with E-state index in [9.17, 15) is 0 Å². The molecule has 0 aromatic rings. The van der Waals surface area contributed by atoms with Gasteiger partial charge in [0.25, 0.3) is 0 Å². The van der Waals surface area contributed by atoms with Crippen LogP contribution in [0.5, 0.6) is 0 Å². The summed E-state index contributed by atoms with van der Waals surface area (Å²) in [5.74, 6) is 0. The molecular weight excluding hydrogens is 124 g/mol. The zero-order chi connectivity index (χ0) is 8.57. The quantitative estimate of drug-likeness (QED) is 0.397. The van der Waals surface area contributed by atoms with Crippen LogP contribution in [0.4, 0.5) is 0 Å². The van der Waals surface area contributed by atoms with Crippen molar-refractivity contribution in [3.8, 4) is 0 Å². The van der Waals surface area contributed by atoms with E-state index in [0.29, 0.717) is 0 Å². The Hall–Kier alpha value is -0.660. The standard InChI is InChI=1S/C6H12N2.C2H6/c1-5(2)7-8-6(3)4;1-2/h1-4H3;1-2H3. The van der Waals surface area contributed by atoms with Crippen LogP contribution in [0.2, 0.25) is 0 Å². The molecule has 0 fully saturated rings. The van der Waals surface area contributed by atoms with Gasteiger partial charge in [-0.2, -0.15) is 10.2 Å². The van der Waals surface area contributed by atoms with E-state index in [-0.39, 0.29) is 0 Å². The maximum atomic E-state index is 3.83. The first kappa shape index (κ1) is 12.1. The smallest absolute Gasteiger partial charge is 0.0344 e. The molecule has 0 heterocycles. The number of hydrogen-bond acceptors (Lipinski definition) is 2. The SMILES string of the molecule is CC.CC(C)=NN=C(C)C. The molecule has 0 spiro atoms. The molecule has 0 amide bonds. The van der Waals surface area contributed by atoms with Crippen LogP contribution in [0.1, 0.15) is 41.5 Å². The number of hydrogen-bond donors (Lipinski definition) is 0. The Labute approximate surface area is 64.1 Å². The molecule has 60 valence electrons. The normalized spacial score (nSPS) is 7.00. The second-order valence-electron chi connectivity index (χ2n) is 2.09. The summed E-state index contributed by atoms with van der Waals surface area (Å²) in [4.78, 5) is 0. The minimum atomic E-state index is 0.992. The Balaban J connectivity index is 0. The van der Waals surface area contributed by atoms with E-state index in [1.54, 1.807) is 0 Å². The fourth-order valence-corrected chi connectivity index (χ4v) is 0.200. The van der Waals surface area contributed by atoms with Crippen molar-refractivity contribution < 1.29 is 0 Å². The van der Waals surface area contributed by atoms with Gasteiger partial charge < -0.3 is 0 Å². The molecule has 0 atom stereocenters. The van der Waals surface area contributed by atoms with Crippen LogP contribution in [-0.2, 0) is 0 Å². The van der Waals surface area contributed by atoms with Gasteiger partial charge in [-0.25, -0.2) is 0 Å². The van der Waals surface area contributed by atoms with Crippen LogP contribution in [0.25, 0.3) is 0 Å². The minimum Gasteiger partial charge on any atom is -0.161 e. The maximum absolute atomic E-state index is 3.83. The second kappa shape index (κ2) is 8.34. The van der Waals surface area contributed by atoms with Crippen molar-refractivity contribution in [1.29, 1.82) is 0 Å². The Kier molecular flexibility index (Phi) is 10.1. The average Bonchev–Trinajstić information content (AvgIpc) is 1.89. The van der Waals surface area contributed by atoms with Gasteiger partial charge in [-0.1, -0.05) is 13.8 Å². The first-order chi connectivity index (χ1) is 4.63. The number of rotatable bonds is 1. The summed E-state index contributed by atoms with van der Waals surface area (Å²) < 4.78 is 0. The van der Waals surface area contributed by atoms with Crippen LogP contribution < -0.4 is 0 Å². The molecule has 0 saturated heterocycles. The molecule has 0 radical (unpaired) electrons. The predicted molar refractivity (Wildman–Crippen MR) is 48.9 cm³/mol. The molecule has 0 N–H and O–H groups in total. The van der Waals surface area contributed by atoms with Crippen LogP contribution in [0.3, 0.4) is 0 Å². The fraction of sp³-hybridized carbons (Fsp3) is 0.750. The van der Waals surface area contributed by atoms with E-state index in [1.165, 1.54) is 0 Å². The van der Waals surface area contributed by atoms with Crippen LogP contribution in [0.15, 0.2) is 10.2 Å². The third-order valence-corrected chi connectivity index (χ3v) is 0.450. The summed E-state index contributed by atoms with van der Waals surface area (Å²) in [6.45, 7) is 11.7. The molecule has 0 aliphatic rings. The van der Waals surface area contributed by atoms with Crippen molar-refractivity contribution in [2.24, 2.45) is 10.2 Å². The number of nitrogens with zero attached hydrogens (tertiary/aromatic N) is 2. The highest BCUT2D eigenvalue weighted by Gasteiger charge is 1.74. The van der Waals surface area contributed by atoms with Gasteiger partial charge in [0, 0.05) is 11.4 Å². The van der Waals surface area contributed by atoms with E-state index in [0.717, 1.165) is 11.4 Å². The van der Waals surface area contributed by atoms with Crippen molar-refractivity contribution in [1.82, 2.24) is 0 Å². The van der Waals surface area contributed by atoms with Gasteiger partial charge in [0.2, 0.25) is 0 Å². The molecule has 2 heteroatoms. The molecule has 10 heavy (non-hydrogen) atoms. The van der Waals surface area contributed by atoms with Gasteiger partial charge in [-0.05, 0) is 27.7 Å². The van der Waals surface area contributed by atoms with E-state index in [2.05, 4.69) is 10.2 Å². The highest BCUT2D eigenvalue weighted by atomic mass is 15.2. The van der Waals surface area contributed by atoms with Crippen LogP contribution in [0, 0.1) is 0 Å². The van der Waals surface area contributed by atoms with Gasteiger partial charge in [-0.15, -0.1) is 0 Å². The third kappa shape index (κ3) is 15.7. The van der Waals surface area contributed by atoms with E-state index in [1.807, 2.05) is 41.5 Å². The summed E-state index contributed by atoms with van der Waals surface area (Å²) in [5.41, 5.74) is 1.98. The van der Waals surface area contributed by atoms with Crippen molar-refractivity contribution in [2.75, 3.05) is 0 Å². The van der Waals surface area contributed by atoms with E-state index < -0.39 is 0 Å². The van der Waals surface area contributed by atoms with Gasteiger partial charge in [0.05, 0.1) is 0 Å². The highest BCUT2D eigenvalue weighted by Crippen LogP contribution is 1.79. The van der Waals surface area contributed by atoms with Crippen molar-refractivity contribution in [3.63, 3.8) is 0 Å². The zero-order valence-electron chi connectivity index (χ0n) is 7.89. The molecule has 0 saturated carbocycles. The summed E-state index contributed by atoms with van der Waals surface area (Å²) in [6.07, 6.45) is 0. The lowest BCUT2D eigenvalue weighted by atomic mass is 10.5. The summed E-state index contributed by atoms with van der Waals surface area (Å²) in [6, 6.07) is 0. The Bertz CT molecular complexity index is 99.2. The summed E-state index contributed by atoms with van der Waals surface area (Å²) in [5, 5.41) is 7.66. The molecular formula is C8H18N2. The van der Waals surface area contributed by atoms with E-state index in [4.69, 9.17) is 0 Å². The van der Waals surface area contributed by atoms with Gasteiger partial charge in [0.15, 0.2) is 0 Å². The summed E-state index contributed by atoms with van der Waals surface area (Å²) >= 11 is 0. The monoisotopic (exact) mass is 142 g/mol.